The van der Waals surface area contributed by atoms with E-state index in [0.717, 1.165) is 17.0 Å². The summed E-state index contributed by atoms with van der Waals surface area (Å²) >= 11 is 0. The second-order valence-corrected chi connectivity index (χ2v) is 9.68. The maximum atomic E-state index is 12.8. The SMILES string of the molecule is CC(C)(C)OC(=O)N(CCNS(=O)(=O)c1ccccc1[N+](=O)[O-])C(C(=O)O)c1ccccc1. The van der Waals surface area contributed by atoms with Crippen LogP contribution < -0.4 is 4.72 Å². The van der Waals surface area contributed by atoms with Gasteiger partial charge in [-0.1, -0.05) is 42.5 Å². The van der Waals surface area contributed by atoms with Gasteiger partial charge in [0.15, 0.2) is 10.9 Å². The maximum Gasteiger partial charge on any atom is 0.411 e. The molecular weight excluding hydrogens is 454 g/mol. The summed E-state index contributed by atoms with van der Waals surface area (Å²) in [5, 5.41) is 21.0. The molecule has 0 aliphatic rings. The molecule has 2 aromatic carbocycles. The number of carbonyl (C=O) groups excluding carboxylic acids is 1. The van der Waals surface area contributed by atoms with Gasteiger partial charge < -0.3 is 9.84 Å². The topological polar surface area (TPSA) is 156 Å². The molecule has 0 fully saturated rings. The van der Waals surface area contributed by atoms with E-state index in [1.54, 1.807) is 39.0 Å². The van der Waals surface area contributed by atoms with Gasteiger partial charge in [-0.15, -0.1) is 0 Å². The van der Waals surface area contributed by atoms with Crippen molar-refractivity contribution in [2.45, 2.75) is 37.3 Å². The van der Waals surface area contributed by atoms with Crippen LogP contribution in [0.25, 0.3) is 0 Å². The predicted octanol–water partition coefficient (Wildman–Crippen LogP) is 2.94. The number of hydrogen-bond donors (Lipinski definition) is 2. The molecule has 33 heavy (non-hydrogen) atoms. The molecule has 1 atom stereocenters. The standard InChI is InChI=1S/C21H25N3O8S/c1-21(2,3)32-20(27)23(18(19(25)26)15-9-5-4-6-10-15)14-13-22-33(30,31)17-12-8-7-11-16(17)24(28)29/h4-12,18,22H,13-14H2,1-3H3,(H,25,26). The van der Waals surface area contributed by atoms with Gasteiger partial charge in [-0.25, -0.2) is 22.7 Å². The molecule has 0 bridgehead atoms. The minimum atomic E-state index is -4.32. The van der Waals surface area contributed by atoms with Crippen LogP contribution in [0.1, 0.15) is 32.4 Å². The first-order valence-corrected chi connectivity index (χ1v) is 11.3. The molecule has 2 aromatic rings. The molecule has 0 aliphatic carbocycles. The van der Waals surface area contributed by atoms with Crippen molar-refractivity contribution in [1.29, 1.82) is 0 Å². The number of amides is 1. The number of carboxylic acids is 1. The third-order valence-corrected chi connectivity index (χ3v) is 5.79. The van der Waals surface area contributed by atoms with Gasteiger partial charge >= 0.3 is 12.1 Å². The number of nitrogens with one attached hydrogen (secondary N) is 1. The van der Waals surface area contributed by atoms with E-state index in [2.05, 4.69) is 4.72 Å². The number of benzene rings is 2. The Labute approximate surface area is 191 Å². The van der Waals surface area contributed by atoms with E-state index in [1.165, 1.54) is 24.3 Å². The average molecular weight is 480 g/mol. The Balaban J connectivity index is 2.31. The van der Waals surface area contributed by atoms with E-state index in [-0.39, 0.29) is 12.1 Å². The first-order valence-electron chi connectivity index (χ1n) is 9.84. The van der Waals surface area contributed by atoms with Crippen LogP contribution >= 0.6 is 0 Å². The Hall–Kier alpha value is -3.51. The Morgan fingerprint density at radius 3 is 2.24 bits per heavy atom. The van der Waals surface area contributed by atoms with Gasteiger partial charge in [0.2, 0.25) is 10.0 Å². The Kier molecular flexibility index (Phi) is 8.12. The van der Waals surface area contributed by atoms with Gasteiger partial charge in [-0.3, -0.25) is 15.0 Å². The largest absolute Gasteiger partial charge is 0.479 e. The van der Waals surface area contributed by atoms with Crippen molar-refractivity contribution in [3.63, 3.8) is 0 Å². The number of nitro groups is 1. The van der Waals surface area contributed by atoms with E-state index >= 15 is 0 Å². The molecule has 11 nitrogen and oxygen atoms in total. The van der Waals surface area contributed by atoms with Crippen molar-refractivity contribution in [2.75, 3.05) is 13.1 Å². The zero-order valence-electron chi connectivity index (χ0n) is 18.3. The molecule has 2 N–H and O–H groups in total. The second kappa shape index (κ2) is 10.4. The zero-order chi connectivity index (χ0) is 24.8. The van der Waals surface area contributed by atoms with Crippen molar-refractivity contribution in [3.05, 3.63) is 70.3 Å². The summed E-state index contributed by atoms with van der Waals surface area (Å²) < 4.78 is 32.8. The summed E-state index contributed by atoms with van der Waals surface area (Å²) in [6.45, 7) is 4.04. The fraction of sp³-hybridized carbons (Fsp3) is 0.333. The van der Waals surface area contributed by atoms with E-state index in [4.69, 9.17) is 4.74 Å². The Bertz CT molecular complexity index is 1110. The maximum absolute atomic E-state index is 12.8. The number of ether oxygens (including phenoxy) is 1. The number of rotatable bonds is 9. The van der Waals surface area contributed by atoms with Gasteiger partial charge in [-0.05, 0) is 32.4 Å². The molecule has 0 saturated carbocycles. The quantitative estimate of drug-likeness (QED) is 0.411. The summed E-state index contributed by atoms with van der Waals surface area (Å²) in [6.07, 6.45) is -0.955. The van der Waals surface area contributed by atoms with Gasteiger partial charge in [0.05, 0.1) is 4.92 Å². The molecule has 12 heteroatoms. The molecule has 2 rings (SSSR count). The highest BCUT2D eigenvalue weighted by Gasteiger charge is 2.34. The molecule has 1 unspecified atom stereocenters. The summed E-state index contributed by atoms with van der Waals surface area (Å²) in [6, 6.07) is 11.3. The lowest BCUT2D eigenvalue weighted by Gasteiger charge is -2.31. The molecule has 1 amide bonds. The van der Waals surface area contributed by atoms with E-state index < -0.39 is 55.8 Å². The first kappa shape index (κ1) is 25.7. The Morgan fingerprint density at radius 2 is 1.70 bits per heavy atom. The number of carbonyl (C=O) groups is 2. The molecule has 0 spiro atoms. The van der Waals surface area contributed by atoms with Crippen LogP contribution in [-0.2, 0) is 19.6 Å². The smallest absolute Gasteiger partial charge is 0.411 e. The summed E-state index contributed by atoms with van der Waals surface area (Å²) in [5.41, 5.74) is -1.25. The highest BCUT2D eigenvalue weighted by molar-refractivity contribution is 7.89. The van der Waals surface area contributed by atoms with Crippen LogP contribution in [0.3, 0.4) is 0 Å². The van der Waals surface area contributed by atoms with Crippen molar-refractivity contribution in [3.8, 4) is 0 Å². The summed E-state index contributed by atoms with van der Waals surface area (Å²) in [4.78, 5) is 35.6. The minimum Gasteiger partial charge on any atom is -0.479 e. The van der Waals surface area contributed by atoms with E-state index in [9.17, 15) is 33.2 Å². The number of nitro benzene ring substituents is 1. The first-order chi connectivity index (χ1) is 15.3. The summed E-state index contributed by atoms with van der Waals surface area (Å²) in [5.74, 6) is -1.34. The van der Waals surface area contributed by atoms with Crippen LogP contribution in [-0.4, -0.2) is 54.1 Å². The van der Waals surface area contributed by atoms with Gasteiger partial charge in [0, 0.05) is 19.2 Å². The van der Waals surface area contributed by atoms with Crippen molar-refractivity contribution >= 4 is 27.8 Å². The molecular formula is C21H25N3O8S. The van der Waals surface area contributed by atoms with Crippen LogP contribution in [0, 0.1) is 10.1 Å². The number of para-hydroxylation sites is 1. The molecule has 0 heterocycles. The zero-order valence-corrected chi connectivity index (χ0v) is 19.1. The van der Waals surface area contributed by atoms with Crippen LogP contribution in [0.2, 0.25) is 0 Å². The number of aliphatic carboxylic acids is 1. The van der Waals surface area contributed by atoms with Crippen LogP contribution in [0.4, 0.5) is 10.5 Å². The number of carboxylic acid groups (broad SMARTS) is 1. The predicted molar refractivity (Wildman–Crippen MR) is 118 cm³/mol. The third-order valence-electron chi connectivity index (χ3n) is 4.29. The van der Waals surface area contributed by atoms with Crippen molar-refractivity contribution < 1.29 is 32.8 Å². The van der Waals surface area contributed by atoms with Crippen molar-refractivity contribution in [2.24, 2.45) is 0 Å². The van der Waals surface area contributed by atoms with Crippen LogP contribution in [0.15, 0.2) is 59.5 Å². The monoisotopic (exact) mass is 479 g/mol. The molecule has 0 aromatic heterocycles. The fourth-order valence-electron chi connectivity index (χ4n) is 2.95. The summed E-state index contributed by atoms with van der Waals surface area (Å²) in [7, 11) is -4.32. The Morgan fingerprint density at radius 1 is 1.12 bits per heavy atom. The number of sulfonamides is 1. The molecule has 178 valence electrons. The van der Waals surface area contributed by atoms with E-state index in [0.29, 0.717) is 0 Å². The fourth-order valence-corrected chi connectivity index (χ4v) is 4.14. The van der Waals surface area contributed by atoms with E-state index in [1.807, 2.05) is 0 Å². The molecule has 0 saturated heterocycles. The average Bonchev–Trinajstić information content (AvgIpc) is 2.72. The lowest BCUT2D eigenvalue weighted by molar-refractivity contribution is -0.387. The van der Waals surface area contributed by atoms with Gasteiger partial charge in [-0.2, -0.15) is 0 Å². The van der Waals surface area contributed by atoms with Gasteiger partial charge in [0.25, 0.3) is 5.69 Å². The molecule has 0 radical (unpaired) electrons. The third kappa shape index (κ3) is 6.99. The number of nitrogens with zero attached hydrogens (tertiary/aromatic N) is 2. The van der Waals surface area contributed by atoms with Crippen LogP contribution in [0.5, 0.6) is 0 Å². The minimum absolute atomic E-state index is 0.289. The highest BCUT2D eigenvalue weighted by atomic mass is 32.2. The molecule has 0 aliphatic heterocycles. The number of hydrogen-bond acceptors (Lipinski definition) is 7. The van der Waals surface area contributed by atoms with Gasteiger partial charge in [0.1, 0.15) is 5.60 Å². The lowest BCUT2D eigenvalue weighted by atomic mass is 10.1. The normalized spacial score (nSPS) is 12.6. The highest BCUT2D eigenvalue weighted by Crippen LogP contribution is 2.25. The lowest BCUT2D eigenvalue weighted by Crippen LogP contribution is -2.45. The van der Waals surface area contributed by atoms with Crippen molar-refractivity contribution in [1.82, 2.24) is 9.62 Å². The second-order valence-electron chi connectivity index (χ2n) is 7.95.